The molecule has 0 bridgehead atoms. The Balaban J connectivity index is 2.20. The molecule has 0 aliphatic rings. The molecule has 6 nitrogen and oxygen atoms in total. The van der Waals surface area contributed by atoms with Crippen molar-refractivity contribution in [3.05, 3.63) is 30.2 Å². The number of hydrogen-bond donors (Lipinski definition) is 1. The van der Waals surface area contributed by atoms with Crippen LogP contribution in [0.2, 0.25) is 0 Å². The van der Waals surface area contributed by atoms with Gasteiger partial charge in [0.25, 0.3) is 0 Å². The highest BCUT2D eigenvalue weighted by molar-refractivity contribution is 5.80. The maximum absolute atomic E-state index is 14.0. The fourth-order valence-corrected chi connectivity index (χ4v) is 2.43. The van der Waals surface area contributed by atoms with Gasteiger partial charge in [-0.25, -0.2) is 9.37 Å². The maximum Gasteiger partial charge on any atom is 0.163 e. The second kappa shape index (κ2) is 5.25. The Labute approximate surface area is 121 Å². The fourth-order valence-electron chi connectivity index (χ4n) is 2.43. The topological polar surface area (TPSA) is 74.5 Å². The number of fused-ring (bicyclic) bond motifs is 1. The van der Waals surface area contributed by atoms with E-state index in [2.05, 4.69) is 15.3 Å². The van der Waals surface area contributed by atoms with E-state index in [1.54, 1.807) is 16.9 Å². The van der Waals surface area contributed by atoms with Crippen LogP contribution in [0.25, 0.3) is 22.6 Å². The van der Waals surface area contributed by atoms with Crippen molar-refractivity contribution in [3.63, 3.8) is 0 Å². The zero-order chi connectivity index (χ0) is 15.0. The van der Waals surface area contributed by atoms with Crippen LogP contribution in [0.1, 0.15) is 19.9 Å². The van der Waals surface area contributed by atoms with Crippen molar-refractivity contribution in [2.75, 3.05) is 6.54 Å². The average Bonchev–Trinajstić information content (AvgIpc) is 3.03. The number of nitrogens with zero attached hydrogens (tertiary/aromatic N) is 5. The van der Waals surface area contributed by atoms with Gasteiger partial charge < -0.3 is 10.3 Å². The van der Waals surface area contributed by atoms with Crippen molar-refractivity contribution in [2.45, 2.75) is 26.4 Å². The van der Waals surface area contributed by atoms with E-state index >= 15 is 0 Å². The van der Waals surface area contributed by atoms with Gasteiger partial charge in [0.05, 0.1) is 18.3 Å². The Morgan fingerprint density at radius 1 is 1.33 bits per heavy atom. The summed E-state index contributed by atoms with van der Waals surface area (Å²) in [4.78, 5) is 4.42. The van der Waals surface area contributed by atoms with Gasteiger partial charge in [0.1, 0.15) is 11.2 Å². The molecule has 2 N–H and O–H groups in total. The lowest BCUT2D eigenvalue weighted by Crippen LogP contribution is -2.10. The van der Waals surface area contributed by atoms with Crippen LogP contribution in [-0.4, -0.2) is 31.1 Å². The summed E-state index contributed by atoms with van der Waals surface area (Å²) in [5.41, 5.74) is 7.24. The van der Waals surface area contributed by atoms with Gasteiger partial charge in [0, 0.05) is 12.6 Å². The smallest absolute Gasteiger partial charge is 0.163 e. The number of halogens is 1. The number of rotatable bonds is 4. The minimum Gasteiger partial charge on any atom is -0.329 e. The average molecular weight is 288 g/mol. The Morgan fingerprint density at radius 3 is 2.86 bits per heavy atom. The second-order valence-corrected chi connectivity index (χ2v) is 5.16. The molecule has 0 radical (unpaired) electrons. The van der Waals surface area contributed by atoms with Crippen LogP contribution in [0.4, 0.5) is 4.39 Å². The zero-order valence-corrected chi connectivity index (χ0v) is 12.0. The van der Waals surface area contributed by atoms with Crippen molar-refractivity contribution in [1.82, 2.24) is 24.5 Å². The lowest BCUT2D eigenvalue weighted by Gasteiger charge is -2.11. The Morgan fingerprint density at radius 2 is 2.14 bits per heavy atom. The summed E-state index contributed by atoms with van der Waals surface area (Å²) >= 11 is 0. The van der Waals surface area contributed by atoms with Crippen LogP contribution in [0.15, 0.2) is 24.4 Å². The largest absolute Gasteiger partial charge is 0.329 e. The highest BCUT2D eigenvalue weighted by Crippen LogP contribution is 2.28. The Bertz CT molecular complexity index is 773. The third kappa shape index (κ3) is 2.29. The predicted octanol–water partition coefficient (Wildman–Crippen LogP) is 1.97. The Hall–Kier alpha value is -2.28. The normalized spacial score (nSPS) is 11.7. The molecule has 2 aromatic heterocycles. The van der Waals surface area contributed by atoms with Crippen molar-refractivity contribution < 1.29 is 4.39 Å². The van der Waals surface area contributed by atoms with Crippen LogP contribution in [0.5, 0.6) is 0 Å². The van der Waals surface area contributed by atoms with E-state index in [0.29, 0.717) is 30.1 Å². The number of nitrogens with two attached hydrogens (primary N) is 1. The standard InChI is InChI=1S/C14H17FN6/c1-9(2)21-12-5-3-4-10(15)13(12)17-14(21)11-8-20(7-6-16)19-18-11/h3-5,8-9H,6-7,16H2,1-2H3. The molecule has 2 heterocycles. The van der Waals surface area contributed by atoms with Gasteiger partial charge >= 0.3 is 0 Å². The summed E-state index contributed by atoms with van der Waals surface area (Å²) in [6.07, 6.45) is 1.78. The van der Waals surface area contributed by atoms with Gasteiger partial charge in [0.2, 0.25) is 0 Å². The van der Waals surface area contributed by atoms with Crippen molar-refractivity contribution in [3.8, 4) is 11.5 Å². The van der Waals surface area contributed by atoms with Crippen molar-refractivity contribution >= 4 is 11.0 Å². The molecule has 0 unspecified atom stereocenters. The molecule has 0 aliphatic heterocycles. The third-order valence-electron chi connectivity index (χ3n) is 3.31. The number of benzene rings is 1. The molecule has 110 valence electrons. The van der Waals surface area contributed by atoms with E-state index in [1.807, 2.05) is 24.5 Å². The van der Waals surface area contributed by atoms with E-state index in [9.17, 15) is 4.39 Å². The maximum atomic E-state index is 14.0. The van der Waals surface area contributed by atoms with Crippen LogP contribution < -0.4 is 5.73 Å². The molecule has 3 aromatic rings. The summed E-state index contributed by atoms with van der Waals surface area (Å²) in [6, 6.07) is 5.09. The molecule has 3 rings (SSSR count). The van der Waals surface area contributed by atoms with E-state index in [4.69, 9.17) is 5.73 Å². The van der Waals surface area contributed by atoms with Gasteiger partial charge in [-0.1, -0.05) is 11.3 Å². The summed E-state index contributed by atoms with van der Waals surface area (Å²) in [5, 5.41) is 8.14. The molecular formula is C14H17FN6. The van der Waals surface area contributed by atoms with Gasteiger partial charge in [0.15, 0.2) is 11.6 Å². The van der Waals surface area contributed by atoms with Gasteiger partial charge in [-0.15, -0.1) is 5.10 Å². The summed E-state index contributed by atoms with van der Waals surface area (Å²) in [6.45, 7) is 5.13. The first-order chi connectivity index (χ1) is 10.1. The first kappa shape index (κ1) is 13.7. The molecule has 0 amide bonds. The summed E-state index contributed by atoms with van der Waals surface area (Å²) < 4.78 is 17.6. The summed E-state index contributed by atoms with van der Waals surface area (Å²) in [7, 11) is 0. The molecular weight excluding hydrogens is 271 g/mol. The third-order valence-corrected chi connectivity index (χ3v) is 3.31. The second-order valence-electron chi connectivity index (χ2n) is 5.16. The molecule has 0 atom stereocenters. The monoisotopic (exact) mass is 288 g/mol. The minimum atomic E-state index is -0.331. The highest BCUT2D eigenvalue weighted by Gasteiger charge is 2.19. The zero-order valence-electron chi connectivity index (χ0n) is 12.0. The summed E-state index contributed by atoms with van der Waals surface area (Å²) in [5.74, 6) is 0.288. The predicted molar refractivity (Wildman–Crippen MR) is 78.1 cm³/mol. The number of hydrogen-bond acceptors (Lipinski definition) is 4. The SMILES string of the molecule is CC(C)n1c(-c2cn(CCN)nn2)nc2c(F)cccc21. The highest BCUT2D eigenvalue weighted by atomic mass is 19.1. The van der Waals surface area contributed by atoms with E-state index in [1.165, 1.54) is 6.07 Å². The molecule has 0 fully saturated rings. The lowest BCUT2D eigenvalue weighted by atomic mass is 10.3. The van der Waals surface area contributed by atoms with E-state index in [0.717, 1.165) is 5.52 Å². The molecule has 0 saturated carbocycles. The number of imidazole rings is 1. The van der Waals surface area contributed by atoms with Gasteiger partial charge in [-0.05, 0) is 26.0 Å². The molecule has 0 aliphatic carbocycles. The lowest BCUT2D eigenvalue weighted by molar-refractivity contribution is 0.598. The van der Waals surface area contributed by atoms with Gasteiger partial charge in [-0.3, -0.25) is 4.68 Å². The Kier molecular flexibility index (Phi) is 3.42. The van der Waals surface area contributed by atoms with Crippen LogP contribution in [0.3, 0.4) is 0 Å². The fraction of sp³-hybridized carbons (Fsp3) is 0.357. The van der Waals surface area contributed by atoms with Crippen LogP contribution in [-0.2, 0) is 6.54 Å². The quantitative estimate of drug-likeness (QED) is 0.796. The van der Waals surface area contributed by atoms with Crippen LogP contribution in [0, 0.1) is 5.82 Å². The van der Waals surface area contributed by atoms with Crippen LogP contribution >= 0.6 is 0 Å². The van der Waals surface area contributed by atoms with Gasteiger partial charge in [-0.2, -0.15) is 0 Å². The van der Waals surface area contributed by atoms with E-state index in [-0.39, 0.29) is 11.9 Å². The van der Waals surface area contributed by atoms with Crippen molar-refractivity contribution in [2.24, 2.45) is 5.73 Å². The molecule has 21 heavy (non-hydrogen) atoms. The minimum absolute atomic E-state index is 0.131. The molecule has 1 aromatic carbocycles. The number of aromatic nitrogens is 5. The molecule has 7 heteroatoms. The van der Waals surface area contributed by atoms with E-state index < -0.39 is 0 Å². The first-order valence-electron chi connectivity index (χ1n) is 6.89. The van der Waals surface area contributed by atoms with Crippen molar-refractivity contribution in [1.29, 1.82) is 0 Å². The molecule has 0 saturated heterocycles. The first-order valence-corrected chi connectivity index (χ1v) is 6.89. The molecule has 0 spiro atoms. The number of para-hydroxylation sites is 1.